The van der Waals surface area contributed by atoms with Crippen molar-refractivity contribution in [2.24, 2.45) is 0 Å². The molecular weight excluding hydrogens is 364 g/mol. The van der Waals surface area contributed by atoms with Crippen molar-refractivity contribution in [3.63, 3.8) is 0 Å². The maximum absolute atomic E-state index is 13.8. The summed E-state index contributed by atoms with van der Waals surface area (Å²) < 4.78 is 5.29. The molecule has 1 saturated heterocycles. The van der Waals surface area contributed by atoms with Crippen LogP contribution in [0.3, 0.4) is 0 Å². The number of ether oxygens (including phenoxy) is 1. The smallest absolute Gasteiger partial charge is 0.254 e. The molecule has 2 aromatic carbocycles. The van der Waals surface area contributed by atoms with Gasteiger partial charge in [-0.2, -0.15) is 0 Å². The van der Waals surface area contributed by atoms with Crippen LogP contribution in [0.5, 0.6) is 5.75 Å². The predicted octanol–water partition coefficient (Wildman–Crippen LogP) is 4.01. The molecule has 0 unspecified atom stereocenters. The molecule has 152 valence electrons. The summed E-state index contributed by atoms with van der Waals surface area (Å²) in [5.74, 6) is 0.440. The van der Waals surface area contributed by atoms with Crippen molar-refractivity contribution in [3.05, 3.63) is 65.2 Å². The van der Waals surface area contributed by atoms with Gasteiger partial charge < -0.3 is 14.5 Å². The van der Waals surface area contributed by atoms with Crippen LogP contribution in [0.4, 0.5) is 0 Å². The number of nitrogens with zero attached hydrogens (tertiary/aromatic N) is 2. The molecule has 2 aliphatic rings. The van der Waals surface area contributed by atoms with Crippen LogP contribution in [-0.2, 0) is 4.79 Å². The van der Waals surface area contributed by atoms with E-state index in [0.29, 0.717) is 5.56 Å². The summed E-state index contributed by atoms with van der Waals surface area (Å²) in [6.07, 6.45) is 4.43. The van der Waals surface area contributed by atoms with Gasteiger partial charge in [0.25, 0.3) is 5.91 Å². The third-order valence-corrected chi connectivity index (χ3v) is 6.22. The molecule has 1 fully saturated rings. The van der Waals surface area contributed by atoms with Gasteiger partial charge in [-0.05, 0) is 42.2 Å². The van der Waals surface area contributed by atoms with E-state index < -0.39 is 5.92 Å². The summed E-state index contributed by atoms with van der Waals surface area (Å²) in [5.41, 5.74) is 2.42. The molecule has 5 heteroatoms. The molecule has 4 rings (SSSR count). The van der Waals surface area contributed by atoms with Gasteiger partial charge in [-0.15, -0.1) is 0 Å². The molecular formula is C24H28N2O3. The maximum Gasteiger partial charge on any atom is 0.254 e. The van der Waals surface area contributed by atoms with E-state index in [-0.39, 0.29) is 17.9 Å². The minimum absolute atomic E-state index is 0.0404. The van der Waals surface area contributed by atoms with Crippen LogP contribution >= 0.6 is 0 Å². The highest BCUT2D eigenvalue weighted by Gasteiger charge is 2.43. The van der Waals surface area contributed by atoms with Crippen LogP contribution in [0.1, 0.15) is 59.1 Å². The van der Waals surface area contributed by atoms with Gasteiger partial charge in [-0.1, -0.05) is 43.2 Å². The van der Waals surface area contributed by atoms with Crippen LogP contribution in [0.15, 0.2) is 48.5 Å². The van der Waals surface area contributed by atoms with Crippen molar-refractivity contribution in [2.45, 2.75) is 37.6 Å². The highest BCUT2D eigenvalue weighted by molar-refractivity contribution is 6.01. The Hall–Kier alpha value is -2.82. The van der Waals surface area contributed by atoms with Crippen molar-refractivity contribution < 1.29 is 14.3 Å². The lowest BCUT2D eigenvalue weighted by molar-refractivity contribution is -0.134. The van der Waals surface area contributed by atoms with E-state index in [0.717, 1.165) is 42.8 Å². The van der Waals surface area contributed by atoms with Gasteiger partial charge in [-0.25, -0.2) is 0 Å². The standard InChI is InChI=1S/C24H28N2O3/c1-25-22(17-11-13-18(29-2)14-12-17)21(19-9-5-6-10-20(19)23(25)27)24(28)26-15-7-3-4-8-16-26/h5-6,9-14,21-22H,3-4,7-8,15-16H2,1-2H3/t21-,22+/m0/s1. The molecule has 0 aromatic heterocycles. The van der Waals surface area contributed by atoms with Crippen molar-refractivity contribution >= 4 is 11.8 Å². The second kappa shape index (κ2) is 8.27. The second-order valence-electron chi connectivity index (χ2n) is 7.94. The lowest BCUT2D eigenvalue weighted by Gasteiger charge is -2.41. The van der Waals surface area contributed by atoms with Crippen molar-refractivity contribution in [2.75, 3.05) is 27.2 Å². The van der Waals surface area contributed by atoms with Crippen LogP contribution in [0.2, 0.25) is 0 Å². The lowest BCUT2D eigenvalue weighted by atomic mass is 9.79. The van der Waals surface area contributed by atoms with Crippen molar-refractivity contribution in [1.29, 1.82) is 0 Å². The number of likely N-dealkylation sites (tertiary alicyclic amines) is 1. The molecule has 2 aliphatic heterocycles. The molecule has 0 bridgehead atoms. The number of benzene rings is 2. The first-order chi connectivity index (χ1) is 14.1. The third kappa shape index (κ3) is 3.61. The number of amides is 2. The Morgan fingerprint density at radius 1 is 0.966 bits per heavy atom. The fourth-order valence-corrected chi connectivity index (χ4v) is 4.65. The zero-order valence-electron chi connectivity index (χ0n) is 17.1. The number of hydrogen-bond acceptors (Lipinski definition) is 3. The quantitative estimate of drug-likeness (QED) is 0.793. The van der Waals surface area contributed by atoms with Crippen molar-refractivity contribution in [3.8, 4) is 5.75 Å². The van der Waals surface area contributed by atoms with Crippen LogP contribution in [-0.4, -0.2) is 48.9 Å². The lowest BCUT2D eigenvalue weighted by Crippen LogP contribution is -2.47. The first-order valence-electron chi connectivity index (χ1n) is 10.4. The Bertz CT molecular complexity index is 885. The van der Waals surface area contributed by atoms with E-state index in [4.69, 9.17) is 4.74 Å². The summed E-state index contributed by atoms with van der Waals surface area (Å²) in [5, 5.41) is 0. The van der Waals surface area contributed by atoms with Gasteiger partial charge in [0.05, 0.1) is 19.1 Å². The monoisotopic (exact) mass is 392 g/mol. The minimum atomic E-state index is -0.402. The molecule has 29 heavy (non-hydrogen) atoms. The van der Waals surface area contributed by atoms with Gasteiger partial charge in [-0.3, -0.25) is 9.59 Å². The summed E-state index contributed by atoms with van der Waals surface area (Å²) in [6.45, 7) is 1.59. The highest BCUT2D eigenvalue weighted by atomic mass is 16.5. The molecule has 2 heterocycles. The molecule has 2 amide bonds. The molecule has 0 spiro atoms. The summed E-state index contributed by atoms with van der Waals surface area (Å²) in [4.78, 5) is 30.6. The van der Waals surface area contributed by atoms with Gasteiger partial charge in [0.15, 0.2) is 0 Å². The molecule has 0 N–H and O–H groups in total. The van der Waals surface area contributed by atoms with E-state index in [2.05, 4.69) is 0 Å². The van der Waals surface area contributed by atoms with Crippen LogP contribution < -0.4 is 4.74 Å². The van der Waals surface area contributed by atoms with E-state index in [9.17, 15) is 9.59 Å². The average Bonchev–Trinajstić information content (AvgIpc) is 3.05. The number of methoxy groups -OCH3 is 1. The highest BCUT2D eigenvalue weighted by Crippen LogP contribution is 2.43. The summed E-state index contributed by atoms with van der Waals surface area (Å²) in [6, 6.07) is 14.9. The van der Waals surface area contributed by atoms with Gasteiger partial charge in [0.2, 0.25) is 5.91 Å². The Morgan fingerprint density at radius 2 is 1.62 bits per heavy atom. The van der Waals surface area contributed by atoms with E-state index in [1.807, 2.05) is 53.4 Å². The van der Waals surface area contributed by atoms with Crippen LogP contribution in [0.25, 0.3) is 0 Å². The van der Waals surface area contributed by atoms with Gasteiger partial charge >= 0.3 is 0 Å². The fraction of sp³-hybridized carbons (Fsp3) is 0.417. The van der Waals surface area contributed by atoms with E-state index in [1.165, 1.54) is 12.8 Å². The zero-order chi connectivity index (χ0) is 20.4. The minimum Gasteiger partial charge on any atom is -0.497 e. The topological polar surface area (TPSA) is 49.9 Å². The Labute approximate surface area is 172 Å². The first-order valence-corrected chi connectivity index (χ1v) is 10.4. The molecule has 0 aliphatic carbocycles. The third-order valence-electron chi connectivity index (χ3n) is 6.22. The number of hydrogen-bond donors (Lipinski definition) is 0. The molecule has 2 aromatic rings. The second-order valence-corrected chi connectivity index (χ2v) is 7.94. The SMILES string of the molecule is COc1ccc([C@@H]2[C@@H](C(=O)N3CCCCCC3)c3ccccc3C(=O)N2C)cc1. The number of rotatable bonds is 3. The maximum atomic E-state index is 13.8. The van der Waals surface area contributed by atoms with Gasteiger partial charge in [0.1, 0.15) is 5.75 Å². The van der Waals surface area contributed by atoms with Gasteiger partial charge in [0, 0.05) is 25.7 Å². The normalized spacial score (nSPS) is 22.1. The number of carbonyl (C=O) groups is 2. The zero-order valence-corrected chi connectivity index (χ0v) is 17.1. The number of fused-ring (bicyclic) bond motifs is 1. The Morgan fingerprint density at radius 3 is 2.28 bits per heavy atom. The molecule has 0 radical (unpaired) electrons. The van der Waals surface area contributed by atoms with Crippen LogP contribution in [0, 0.1) is 0 Å². The largest absolute Gasteiger partial charge is 0.497 e. The molecule has 0 saturated carbocycles. The van der Waals surface area contributed by atoms with E-state index in [1.54, 1.807) is 19.1 Å². The Kier molecular flexibility index (Phi) is 5.56. The average molecular weight is 392 g/mol. The number of likely N-dealkylation sites (N-methyl/N-ethyl adjacent to an activating group) is 1. The molecule has 2 atom stereocenters. The molecule has 5 nitrogen and oxygen atoms in total. The first kappa shape index (κ1) is 19.5. The summed E-state index contributed by atoms with van der Waals surface area (Å²) in [7, 11) is 3.43. The number of carbonyl (C=O) groups excluding carboxylic acids is 2. The summed E-state index contributed by atoms with van der Waals surface area (Å²) >= 11 is 0. The predicted molar refractivity (Wildman–Crippen MR) is 112 cm³/mol. The van der Waals surface area contributed by atoms with E-state index >= 15 is 0 Å². The Balaban J connectivity index is 1.79. The van der Waals surface area contributed by atoms with Crippen molar-refractivity contribution in [1.82, 2.24) is 9.80 Å². The fourth-order valence-electron chi connectivity index (χ4n) is 4.65.